The van der Waals surface area contributed by atoms with Gasteiger partial charge in [-0.1, -0.05) is 0 Å². The molecule has 152 valence electrons. The van der Waals surface area contributed by atoms with E-state index in [9.17, 15) is 14.4 Å². The maximum Gasteiger partial charge on any atom is 0.352 e. The highest BCUT2D eigenvalue weighted by atomic mass is 35.5. The number of carbonyl (C=O) groups is 3. The van der Waals surface area contributed by atoms with Gasteiger partial charge in [-0.25, -0.2) is 20.3 Å². The van der Waals surface area contributed by atoms with Gasteiger partial charge in [-0.15, -0.1) is 12.4 Å². The summed E-state index contributed by atoms with van der Waals surface area (Å²) in [6.45, 7) is 6.76. The van der Waals surface area contributed by atoms with Crippen molar-refractivity contribution in [2.45, 2.75) is 0 Å². The summed E-state index contributed by atoms with van der Waals surface area (Å²) in [4.78, 5) is 39.8. The normalized spacial score (nSPS) is 9.41. The highest BCUT2D eigenvalue weighted by Gasteiger charge is 2.13. The number of furan rings is 2. The Kier molecular flexibility index (Phi) is 7.74. The number of nitrogens with zero attached hydrogens (tertiary/aromatic N) is 1. The summed E-state index contributed by atoms with van der Waals surface area (Å²) in [5.41, 5.74) is 2.28. The molecule has 0 fully saturated rings. The molecule has 0 amide bonds. The monoisotopic (exact) mass is 424 g/mol. The third kappa shape index (κ3) is 4.62. The Balaban J connectivity index is 0.000000259. The zero-order valence-corrected chi connectivity index (χ0v) is 15.0. The first kappa shape index (κ1) is 23.0. The van der Waals surface area contributed by atoms with Gasteiger partial charge >= 0.3 is 11.9 Å². The average Bonchev–Trinajstić information content (AvgIpc) is 3.42. The molecule has 12 nitrogen and oxygen atoms in total. The molecule has 7 N–H and O–H groups in total. The fourth-order valence-corrected chi connectivity index (χ4v) is 2.23. The van der Waals surface area contributed by atoms with Crippen molar-refractivity contribution in [2.24, 2.45) is 5.90 Å². The molecule has 0 atom stereocenters. The van der Waals surface area contributed by atoms with E-state index in [-0.39, 0.29) is 23.8 Å². The number of aromatic amines is 2. The highest BCUT2D eigenvalue weighted by molar-refractivity contribution is 5.98. The minimum Gasteiger partial charge on any atom is -0.477 e. The fraction of sp³-hybridized carbons (Fsp3) is 0. The van der Waals surface area contributed by atoms with Crippen LogP contribution < -0.4 is 5.90 Å². The van der Waals surface area contributed by atoms with Crippen molar-refractivity contribution in [3.63, 3.8) is 0 Å². The Labute approximate surface area is 166 Å². The van der Waals surface area contributed by atoms with Gasteiger partial charge in [0, 0.05) is 12.1 Å². The van der Waals surface area contributed by atoms with Crippen molar-refractivity contribution in [3.05, 3.63) is 53.0 Å². The largest absolute Gasteiger partial charge is 0.477 e. The summed E-state index contributed by atoms with van der Waals surface area (Å²) < 4.78 is 9.91. The number of H-pyrrole nitrogens is 2. The number of hydrogen-bond donors (Lipinski definition) is 6. The van der Waals surface area contributed by atoms with Gasteiger partial charge in [0.25, 0.3) is 0 Å². The van der Waals surface area contributed by atoms with Crippen LogP contribution in [0.25, 0.3) is 27.0 Å². The molecule has 29 heavy (non-hydrogen) atoms. The SMILES string of the molecule is Cl.NO.O=Cc1coc2cc(C(=O)O)[nH]c12.[C-]#[N+]c1coc2cc(C(=O)O)[nH]c12. The number of rotatable bonds is 3. The van der Waals surface area contributed by atoms with Crippen LogP contribution in [0, 0.1) is 6.57 Å². The summed E-state index contributed by atoms with van der Waals surface area (Å²) in [6.07, 6.45) is 3.17. The van der Waals surface area contributed by atoms with Crippen LogP contribution in [0.4, 0.5) is 5.69 Å². The molecule has 4 aromatic rings. The van der Waals surface area contributed by atoms with E-state index in [4.69, 9.17) is 30.8 Å². The molecule has 0 spiro atoms. The number of aromatic nitrogens is 2. The molecule has 0 saturated carbocycles. The van der Waals surface area contributed by atoms with Crippen LogP contribution in [0.5, 0.6) is 0 Å². The van der Waals surface area contributed by atoms with Crippen LogP contribution >= 0.6 is 12.4 Å². The van der Waals surface area contributed by atoms with Crippen molar-refractivity contribution < 1.29 is 38.6 Å². The number of halogens is 1. The molecular formula is C16H13ClN4O8. The number of hydrogen-bond acceptors (Lipinski definition) is 7. The summed E-state index contributed by atoms with van der Waals surface area (Å²) in [7, 11) is 0. The first-order chi connectivity index (χ1) is 13.4. The third-order valence-corrected chi connectivity index (χ3v) is 3.43. The van der Waals surface area contributed by atoms with E-state index in [0.717, 1.165) is 0 Å². The van der Waals surface area contributed by atoms with Crippen molar-refractivity contribution in [2.75, 3.05) is 0 Å². The zero-order chi connectivity index (χ0) is 20.8. The molecule has 0 saturated heterocycles. The highest BCUT2D eigenvalue weighted by Crippen LogP contribution is 2.28. The molecule has 0 aromatic carbocycles. The molecule has 4 aromatic heterocycles. The number of carboxylic acids is 2. The van der Waals surface area contributed by atoms with Gasteiger partial charge in [-0.05, 0) is 0 Å². The van der Waals surface area contributed by atoms with Crippen molar-refractivity contribution in [3.8, 4) is 0 Å². The number of nitrogens with two attached hydrogens (primary N) is 1. The second-order valence-corrected chi connectivity index (χ2v) is 5.00. The number of carbonyl (C=O) groups excluding carboxylic acids is 1. The smallest absolute Gasteiger partial charge is 0.352 e. The second kappa shape index (κ2) is 9.76. The standard InChI is InChI=1S/C8H4N2O3.C8H5NO4.ClH.H3NO/c1-9-5-3-13-6-2-4(8(11)12)10-7(5)6;10-2-4-3-13-6-1-5(8(11)12)9-7(4)6;;1-2/h2-3,10H,(H,11,12);1-3,9H,(H,11,12);1H;2H,1H2. The van der Waals surface area contributed by atoms with Crippen molar-refractivity contribution in [1.82, 2.24) is 9.97 Å². The molecule has 0 radical (unpaired) electrons. The van der Waals surface area contributed by atoms with Crippen LogP contribution in [0.15, 0.2) is 33.5 Å². The zero-order valence-electron chi connectivity index (χ0n) is 14.2. The maximum atomic E-state index is 10.5. The molecular weight excluding hydrogens is 412 g/mol. The quantitative estimate of drug-likeness (QED) is 0.162. The van der Waals surface area contributed by atoms with Crippen LogP contribution in [0.3, 0.4) is 0 Å². The lowest BCUT2D eigenvalue weighted by molar-refractivity contribution is 0.0681. The Morgan fingerprint density at radius 3 is 1.97 bits per heavy atom. The van der Waals surface area contributed by atoms with Gasteiger partial charge in [0.05, 0.1) is 23.2 Å². The topological polar surface area (TPSA) is 200 Å². The summed E-state index contributed by atoms with van der Waals surface area (Å²) in [5, 5.41) is 23.7. The summed E-state index contributed by atoms with van der Waals surface area (Å²) in [5.74, 6) is 1.35. The number of fused-ring (bicyclic) bond motifs is 2. The molecule has 4 heterocycles. The molecule has 13 heteroatoms. The van der Waals surface area contributed by atoms with Gasteiger partial charge in [-0.2, -0.15) is 0 Å². The van der Waals surface area contributed by atoms with E-state index in [1.165, 1.54) is 24.7 Å². The number of nitrogens with one attached hydrogen (secondary N) is 2. The first-order valence-corrected chi connectivity index (χ1v) is 7.20. The first-order valence-electron chi connectivity index (χ1n) is 7.20. The number of carboxylic acid groups (broad SMARTS) is 2. The van der Waals surface area contributed by atoms with Gasteiger partial charge in [-0.3, -0.25) is 4.79 Å². The van der Waals surface area contributed by atoms with Crippen LogP contribution in [-0.4, -0.2) is 43.6 Å². The van der Waals surface area contributed by atoms with E-state index in [2.05, 4.69) is 20.7 Å². The predicted molar refractivity (Wildman–Crippen MR) is 99.9 cm³/mol. The maximum absolute atomic E-state index is 10.5. The third-order valence-electron chi connectivity index (χ3n) is 3.43. The minimum atomic E-state index is -1.08. The van der Waals surface area contributed by atoms with E-state index < -0.39 is 11.9 Å². The molecule has 0 unspecified atom stereocenters. The lowest BCUT2D eigenvalue weighted by Gasteiger charge is -1.84. The molecule has 0 aliphatic heterocycles. The number of aromatic carboxylic acids is 2. The van der Waals surface area contributed by atoms with E-state index >= 15 is 0 Å². The molecule has 0 aliphatic carbocycles. The Morgan fingerprint density at radius 1 is 1.00 bits per heavy atom. The second-order valence-electron chi connectivity index (χ2n) is 5.00. The molecule has 4 rings (SSSR count). The lowest BCUT2D eigenvalue weighted by Crippen LogP contribution is -1.95. The minimum absolute atomic E-state index is 0. The van der Waals surface area contributed by atoms with Gasteiger partial charge in [0.15, 0.2) is 11.9 Å². The van der Waals surface area contributed by atoms with Gasteiger partial charge in [0.1, 0.15) is 29.5 Å². The van der Waals surface area contributed by atoms with Crippen LogP contribution in [0.1, 0.15) is 31.3 Å². The van der Waals surface area contributed by atoms with Crippen LogP contribution in [0.2, 0.25) is 0 Å². The Morgan fingerprint density at radius 2 is 1.48 bits per heavy atom. The summed E-state index contributed by atoms with van der Waals surface area (Å²) in [6, 6.07) is 2.69. The lowest BCUT2D eigenvalue weighted by atomic mass is 10.3. The Hall–Kier alpha value is -4.05. The van der Waals surface area contributed by atoms with Gasteiger partial charge in [0.2, 0.25) is 5.69 Å². The number of aldehydes is 1. The van der Waals surface area contributed by atoms with E-state index in [1.54, 1.807) is 0 Å². The van der Waals surface area contributed by atoms with Crippen molar-refractivity contribution in [1.29, 1.82) is 0 Å². The van der Waals surface area contributed by atoms with E-state index in [0.29, 0.717) is 39.7 Å². The Bertz CT molecular complexity index is 1190. The summed E-state index contributed by atoms with van der Waals surface area (Å²) >= 11 is 0. The van der Waals surface area contributed by atoms with Gasteiger partial charge < -0.3 is 34.2 Å². The fourth-order valence-electron chi connectivity index (χ4n) is 2.23. The van der Waals surface area contributed by atoms with Crippen LogP contribution in [-0.2, 0) is 0 Å². The average molecular weight is 425 g/mol. The van der Waals surface area contributed by atoms with Crippen molar-refractivity contribution >= 4 is 58.5 Å². The molecule has 0 bridgehead atoms. The predicted octanol–water partition coefficient (Wildman–Crippen LogP) is 3.04. The van der Waals surface area contributed by atoms with E-state index in [1.807, 2.05) is 0 Å². The molecule has 0 aliphatic rings.